The van der Waals surface area contributed by atoms with Gasteiger partial charge < -0.3 is 15.7 Å². The third-order valence-corrected chi connectivity index (χ3v) is 4.90. The zero-order chi connectivity index (χ0) is 13.7. The molecule has 4 heteroatoms. The van der Waals surface area contributed by atoms with Crippen molar-refractivity contribution in [2.75, 3.05) is 19.7 Å². The second-order valence-electron chi connectivity index (χ2n) is 6.15. The van der Waals surface area contributed by atoms with Crippen LogP contribution in [0.5, 0.6) is 0 Å². The number of amides is 1. The number of nitrogens with zero attached hydrogens (tertiary/aromatic N) is 1. The maximum Gasteiger partial charge on any atom is 0.225 e. The van der Waals surface area contributed by atoms with Gasteiger partial charge in [0.2, 0.25) is 5.91 Å². The molecule has 110 valence electrons. The molecule has 1 amide bonds. The molecule has 1 heterocycles. The fourth-order valence-electron chi connectivity index (χ4n) is 3.62. The van der Waals surface area contributed by atoms with Crippen molar-refractivity contribution in [2.45, 2.75) is 57.4 Å². The summed E-state index contributed by atoms with van der Waals surface area (Å²) in [4.78, 5) is 14.7. The zero-order valence-electron chi connectivity index (χ0n) is 11.9. The Balaban J connectivity index is 1.90. The summed E-state index contributed by atoms with van der Waals surface area (Å²) in [5.41, 5.74) is 5.71. The van der Waals surface area contributed by atoms with Gasteiger partial charge in [0.15, 0.2) is 0 Å². The zero-order valence-corrected chi connectivity index (χ0v) is 11.9. The summed E-state index contributed by atoms with van der Waals surface area (Å²) in [6.45, 7) is 1.84. The molecule has 3 N–H and O–H groups in total. The van der Waals surface area contributed by atoms with Gasteiger partial charge in [0, 0.05) is 25.1 Å². The number of piperidine rings is 1. The van der Waals surface area contributed by atoms with Crippen molar-refractivity contribution in [3.05, 3.63) is 0 Å². The second-order valence-corrected chi connectivity index (χ2v) is 6.15. The van der Waals surface area contributed by atoms with Crippen molar-refractivity contribution in [3.63, 3.8) is 0 Å². The van der Waals surface area contributed by atoms with Crippen LogP contribution in [0.3, 0.4) is 0 Å². The fraction of sp³-hybridized carbons (Fsp3) is 0.933. The van der Waals surface area contributed by atoms with E-state index in [1.54, 1.807) is 0 Å². The standard InChI is InChI=1S/C15H28N2O2/c16-11-12-4-6-13(7-5-12)15(19)17-9-2-1-3-14(17)8-10-18/h12-14,18H,1-11,16H2. The highest BCUT2D eigenvalue weighted by Gasteiger charge is 2.33. The number of hydrogen-bond donors (Lipinski definition) is 2. The minimum absolute atomic E-state index is 0.189. The summed E-state index contributed by atoms with van der Waals surface area (Å²) < 4.78 is 0. The van der Waals surface area contributed by atoms with E-state index < -0.39 is 0 Å². The normalized spacial score (nSPS) is 32.3. The first-order chi connectivity index (χ1) is 9.26. The van der Waals surface area contributed by atoms with Gasteiger partial charge >= 0.3 is 0 Å². The number of aliphatic hydroxyl groups is 1. The summed E-state index contributed by atoms with van der Waals surface area (Å²) in [5.74, 6) is 1.18. The summed E-state index contributed by atoms with van der Waals surface area (Å²) in [7, 11) is 0. The molecule has 0 bridgehead atoms. The van der Waals surface area contributed by atoms with Crippen LogP contribution in [-0.2, 0) is 4.79 Å². The number of rotatable bonds is 4. The average molecular weight is 268 g/mol. The van der Waals surface area contributed by atoms with Gasteiger partial charge in [0.05, 0.1) is 0 Å². The van der Waals surface area contributed by atoms with Crippen LogP contribution in [-0.4, -0.2) is 41.7 Å². The third-order valence-electron chi connectivity index (χ3n) is 4.90. The lowest BCUT2D eigenvalue weighted by atomic mass is 9.81. The minimum atomic E-state index is 0.189. The highest BCUT2D eigenvalue weighted by molar-refractivity contribution is 5.79. The Bertz CT molecular complexity index is 286. The molecule has 4 nitrogen and oxygen atoms in total. The van der Waals surface area contributed by atoms with Gasteiger partial charge in [-0.3, -0.25) is 4.79 Å². The second kappa shape index (κ2) is 7.25. The van der Waals surface area contributed by atoms with Crippen molar-refractivity contribution in [1.29, 1.82) is 0 Å². The fourth-order valence-corrected chi connectivity index (χ4v) is 3.62. The van der Waals surface area contributed by atoms with E-state index in [1.165, 1.54) is 6.42 Å². The summed E-state index contributed by atoms with van der Waals surface area (Å²) in [6, 6.07) is 0.276. The number of likely N-dealkylation sites (tertiary alicyclic amines) is 1. The quantitative estimate of drug-likeness (QED) is 0.812. The Morgan fingerprint density at radius 3 is 2.53 bits per heavy atom. The van der Waals surface area contributed by atoms with Crippen molar-refractivity contribution < 1.29 is 9.90 Å². The summed E-state index contributed by atoms with van der Waals surface area (Å²) in [5, 5.41) is 9.14. The molecule has 0 aromatic rings. The number of nitrogens with two attached hydrogens (primary N) is 1. The van der Waals surface area contributed by atoms with Crippen LogP contribution in [0.15, 0.2) is 0 Å². The predicted molar refractivity (Wildman–Crippen MR) is 75.6 cm³/mol. The Morgan fingerprint density at radius 1 is 1.16 bits per heavy atom. The van der Waals surface area contributed by atoms with Gasteiger partial charge in [-0.15, -0.1) is 0 Å². The minimum Gasteiger partial charge on any atom is -0.396 e. The molecule has 1 unspecified atom stereocenters. The van der Waals surface area contributed by atoms with Gasteiger partial charge in [0.25, 0.3) is 0 Å². The molecule has 0 radical (unpaired) electrons. The molecule has 2 fully saturated rings. The largest absolute Gasteiger partial charge is 0.396 e. The molecule has 2 rings (SSSR count). The number of hydrogen-bond acceptors (Lipinski definition) is 3. The molecular weight excluding hydrogens is 240 g/mol. The molecule has 19 heavy (non-hydrogen) atoms. The average Bonchev–Trinajstić information content (AvgIpc) is 2.47. The smallest absolute Gasteiger partial charge is 0.225 e. The van der Waals surface area contributed by atoms with E-state index in [1.807, 2.05) is 0 Å². The summed E-state index contributed by atoms with van der Waals surface area (Å²) in [6.07, 6.45) is 8.32. The van der Waals surface area contributed by atoms with Crippen LogP contribution in [0.25, 0.3) is 0 Å². The first-order valence-electron chi connectivity index (χ1n) is 7.87. The van der Waals surface area contributed by atoms with E-state index in [-0.39, 0.29) is 18.6 Å². The lowest BCUT2D eigenvalue weighted by Gasteiger charge is -2.39. The van der Waals surface area contributed by atoms with Crippen LogP contribution >= 0.6 is 0 Å². The van der Waals surface area contributed by atoms with Crippen LogP contribution < -0.4 is 5.73 Å². The molecule has 1 aliphatic heterocycles. The van der Waals surface area contributed by atoms with Crippen molar-refractivity contribution in [2.24, 2.45) is 17.6 Å². The van der Waals surface area contributed by atoms with Gasteiger partial charge in [-0.1, -0.05) is 0 Å². The Morgan fingerprint density at radius 2 is 1.89 bits per heavy atom. The van der Waals surface area contributed by atoms with Gasteiger partial charge in [-0.2, -0.15) is 0 Å². The monoisotopic (exact) mass is 268 g/mol. The van der Waals surface area contributed by atoms with Crippen molar-refractivity contribution in [1.82, 2.24) is 4.90 Å². The number of aliphatic hydroxyl groups excluding tert-OH is 1. The highest BCUT2D eigenvalue weighted by Crippen LogP contribution is 2.31. The summed E-state index contributed by atoms with van der Waals surface area (Å²) >= 11 is 0. The Kier molecular flexibility index (Phi) is 5.64. The third kappa shape index (κ3) is 3.69. The van der Waals surface area contributed by atoms with E-state index in [9.17, 15) is 4.79 Å². The molecular formula is C15H28N2O2. The number of carbonyl (C=O) groups is 1. The molecule has 0 aromatic carbocycles. The molecule has 2 aliphatic rings. The van der Waals surface area contributed by atoms with Gasteiger partial charge in [-0.05, 0) is 63.8 Å². The van der Waals surface area contributed by atoms with Crippen LogP contribution in [0.4, 0.5) is 0 Å². The van der Waals surface area contributed by atoms with E-state index in [0.717, 1.165) is 58.0 Å². The van der Waals surface area contributed by atoms with Gasteiger partial charge in [0.1, 0.15) is 0 Å². The first-order valence-corrected chi connectivity index (χ1v) is 7.87. The van der Waals surface area contributed by atoms with Crippen molar-refractivity contribution in [3.8, 4) is 0 Å². The molecule has 0 aromatic heterocycles. The van der Waals surface area contributed by atoms with Gasteiger partial charge in [-0.25, -0.2) is 0 Å². The Labute approximate surface area is 116 Å². The first kappa shape index (κ1) is 14.8. The maximum absolute atomic E-state index is 12.6. The lowest BCUT2D eigenvalue weighted by Crippen LogP contribution is -2.47. The van der Waals surface area contributed by atoms with E-state index in [4.69, 9.17) is 10.8 Å². The number of carbonyl (C=O) groups excluding carboxylic acids is 1. The predicted octanol–water partition coefficient (Wildman–Crippen LogP) is 1.51. The maximum atomic E-state index is 12.6. The van der Waals surface area contributed by atoms with Crippen LogP contribution in [0.1, 0.15) is 51.4 Å². The van der Waals surface area contributed by atoms with Crippen molar-refractivity contribution >= 4 is 5.91 Å². The molecule has 1 aliphatic carbocycles. The lowest BCUT2D eigenvalue weighted by molar-refractivity contribution is -0.141. The van der Waals surface area contributed by atoms with E-state index >= 15 is 0 Å². The van der Waals surface area contributed by atoms with E-state index in [2.05, 4.69) is 4.90 Å². The van der Waals surface area contributed by atoms with E-state index in [0.29, 0.717) is 11.8 Å². The van der Waals surface area contributed by atoms with Crippen LogP contribution in [0.2, 0.25) is 0 Å². The SMILES string of the molecule is NCC1CCC(C(=O)N2CCCCC2CCO)CC1. The molecule has 1 atom stereocenters. The molecule has 1 saturated carbocycles. The molecule has 1 saturated heterocycles. The topological polar surface area (TPSA) is 66.6 Å². The Hall–Kier alpha value is -0.610. The van der Waals surface area contributed by atoms with Crippen LogP contribution in [0, 0.1) is 11.8 Å². The highest BCUT2D eigenvalue weighted by atomic mass is 16.3. The molecule has 0 spiro atoms.